The van der Waals surface area contributed by atoms with Crippen molar-refractivity contribution in [2.45, 2.75) is 39.2 Å². The zero-order valence-corrected chi connectivity index (χ0v) is 12.7. The van der Waals surface area contributed by atoms with Crippen LogP contribution < -0.4 is 16.8 Å². The van der Waals surface area contributed by atoms with Crippen LogP contribution >= 0.6 is 7.60 Å². The van der Waals surface area contributed by atoms with Crippen LogP contribution in [0.2, 0.25) is 0 Å². The van der Waals surface area contributed by atoms with E-state index in [0.717, 1.165) is 12.8 Å². The zero-order valence-electron chi connectivity index (χ0n) is 11.8. The Morgan fingerprint density at radius 1 is 1.26 bits per heavy atom. The summed E-state index contributed by atoms with van der Waals surface area (Å²) in [5.41, 5.74) is 10.7. The molecule has 0 aliphatic carbocycles. The first kappa shape index (κ1) is 18.5. The number of nitrogens with one attached hydrogen (secondary N) is 1. The van der Waals surface area contributed by atoms with E-state index in [2.05, 4.69) is 5.32 Å². The first-order valence-electron chi connectivity index (χ1n) is 6.60. The van der Waals surface area contributed by atoms with Gasteiger partial charge < -0.3 is 20.5 Å². The van der Waals surface area contributed by atoms with Crippen LogP contribution in [0.5, 0.6) is 0 Å². The van der Waals surface area contributed by atoms with Crippen molar-refractivity contribution in [3.63, 3.8) is 0 Å². The minimum atomic E-state index is -3.20. The summed E-state index contributed by atoms with van der Waals surface area (Å²) in [6.07, 6.45) is 2.14. The second-order valence-corrected chi connectivity index (χ2v) is 6.10. The molecule has 114 valence electrons. The van der Waals surface area contributed by atoms with Crippen molar-refractivity contribution in [3.05, 3.63) is 0 Å². The quantitative estimate of drug-likeness (QED) is 0.362. The molecule has 5 N–H and O–H groups in total. The van der Waals surface area contributed by atoms with E-state index in [9.17, 15) is 9.36 Å². The highest BCUT2D eigenvalue weighted by Crippen LogP contribution is 2.46. The first-order valence-corrected chi connectivity index (χ1v) is 8.32. The van der Waals surface area contributed by atoms with E-state index < -0.39 is 19.5 Å². The molecule has 19 heavy (non-hydrogen) atoms. The number of hydrogen-bond acceptors (Lipinski definition) is 6. The highest BCUT2D eigenvalue weighted by Gasteiger charge is 2.26. The van der Waals surface area contributed by atoms with Crippen molar-refractivity contribution in [2.75, 3.05) is 26.0 Å². The summed E-state index contributed by atoms with van der Waals surface area (Å²) < 4.78 is 22.4. The van der Waals surface area contributed by atoms with Gasteiger partial charge in [-0.2, -0.15) is 0 Å². The van der Waals surface area contributed by atoms with Crippen molar-refractivity contribution < 1.29 is 18.4 Å². The summed E-state index contributed by atoms with van der Waals surface area (Å²) in [7, 11) is -3.20. The molecule has 0 unspecified atom stereocenters. The molecule has 0 aromatic rings. The summed E-state index contributed by atoms with van der Waals surface area (Å²) in [5.74, 6) is -0.475. The molecule has 0 bridgehead atoms. The number of carbonyl (C=O) groups is 1. The van der Waals surface area contributed by atoms with E-state index in [1.165, 1.54) is 0 Å². The third-order valence-corrected chi connectivity index (χ3v) is 4.35. The number of hydrogen-bond donors (Lipinski definition) is 3. The molecular weight excluding hydrogens is 269 g/mol. The lowest BCUT2D eigenvalue weighted by atomic mass is 10.1. The van der Waals surface area contributed by atoms with Crippen LogP contribution in [0, 0.1) is 0 Å². The molecule has 1 amide bonds. The Morgan fingerprint density at radius 3 is 2.26 bits per heavy atom. The molecule has 0 rings (SSSR count). The Bertz CT molecular complexity index is 292. The molecule has 1 atom stereocenters. The van der Waals surface area contributed by atoms with Crippen LogP contribution in [-0.4, -0.2) is 38.0 Å². The zero-order chi connectivity index (χ0) is 14.7. The smallest absolute Gasteiger partial charge is 0.344 e. The van der Waals surface area contributed by atoms with E-state index >= 15 is 0 Å². The highest BCUT2D eigenvalue weighted by molar-refractivity contribution is 7.53. The number of carbonyl (C=O) groups excluding carboxylic acids is 1. The van der Waals surface area contributed by atoms with E-state index in [1.54, 1.807) is 13.8 Å². The Balaban J connectivity index is 4.33. The van der Waals surface area contributed by atoms with Gasteiger partial charge in [-0.25, -0.2) is 0 Å². The molecule has 0 aliphatic heterocycles. The summed E-state index contributed by atoms with van der Waals surface area (Å²) in [6.45, 7) is 4.61. The average Bonchev–Trinajstić information content (AvgIpc) is 2.33. The first-order chi connectivity index (χ1) is 8.99. The normalized spacial score (nSPS) is 13.4. The van der Waals surface area contributed by atoms with E-state index in [4.69, 9.17) is 20.5 Å². The number of rotatable bonds is 12. The fourth-order valence-electron chi connectivity index (χ4n) is 1.58. The molecule has 0 saturated carbocycles. The summed E-state index contributed by atoms with van der Waals surface area (Å²) in [4.78, 5) is 11.3. The van der Waals surface area contributed by atoms with Crippen LogP contribution in [0.4, 0.5) is 0 Å². The van der Waals surface area contributed by atoms with Gasteiger partial charge in [-0.3, -0.25) is 14.7 Å². The van der Waals surface area contributed by atoms with Gasteiger partial charge in [0, 0.05) is 0 Å². The predicted octanol–water partition coefficient (Wildman–Crippen LogP) is 0.783. The molecule has 0 saturated heterocycles. The monoisotopic (exact) mass is 295 g/mol. The molecule has 0 radical (unpaired) electrons. The third-order valence-electron chi connectivity index (χ3n) is 2.47. The van der Waals surface area contributed by atoms with Crippen molar-refractivity contribution >= 4 is 13.5 Å². The van der Waals surface area contributed by atoms with Gasteiger partial charge in [0.05, 0.1) is 25.5 Å². The Labute approximate surface area is 114 Å². The van der Waals surface area contributed by atoms with Crippen LogP contribution in [0.25, 0.3) is 0 Å². The SMILES string of the molecule is CCOP(=O)(CN[C@@H](CCCCN)C(N)=O)OCC. The van der Waals surface area contributed by atoms with Crippen molar-refractivity contribution in [1.29, 1.82) is 0 Å². The standard InChI is InChI=1S/C11H26N3O4P/c1-3-17-19(16,18-4-2)9-14-10(11(13)15)7-5-6-8-12/h10,14H,3-9,12H2,1-2H3,(H2,13,15)/t10-/m0/s1. The van der Waals surface area contributed by atoms with Crippen LogP contribution in [0.3, 0.4) is 0 Å². The molecule has 0 heterocycles. The molecule has 7 nitrogen and oxygen atoms in total. The number of unbranched alkanes of at least 4 members (excludes halogenated alkanes) is 1. The number of nitrogens with two attached hydrogens (primary N) is 2. The van der Waals surface area contributed by atoms with Gasteiger partial charge in [-0.1, -0.05) is 6.42 Å². The van der Waals surface area contributed by atoms with Crippen molar-refractivity contribution in [3.8, 4) is 0 Å². The van der Waals surface area contributed by atoms with Gasteiger partial charge in [-0.05, 0) is 33.2 Å². The summed E-state index contributed by atoms with van der Waals surface area (Å²) in [5, 5.41) is 2.86. The fraction of sp³-hybridized carbons (Fsp3) is 0.909. The maximum absolute atomic E-state index is 12.2. The molecule has 0 aromatic heterocycles. The number of primary amides is 1. The van der Waals surface area contributed by atoms with Crippen molar-refractivity contribution in [1.82, 2.24) is 5.32 Å². The molecule has 0 aliphatic rings. The van der Waals surface area contributed by atoms with E-state index in [0.29, 0.717) is 13.0 Å². The van der Waals surface area contributed by atoms with E-state index in [-0.39, 0.29) is 19.5 Å². The fourth-order valence-corrected chi connectivity index (χ4v) is 3.07. The third kappa shape index (κ3) is 8.34. The van der Waals surface area contributed by atoms with Gasteiger partial charge in [-0.15, -0.1) is 0 Å². The Morgan fingerprint density at radius 2 is 1.84 bits per heavy atom. The molecular formula is C11H26N3O4P. The van der Waals surface area contributed by atoms with E-state index in [1.807, 2.05) is 0 Å². The molecule has 8 heteroatoms. The largest absolute Gasteiger partial charge is 0.368 e. The maximum atomic E-state index is 12.2. The second-order valence-electron chi connectivity index (χ2n) is 4.05. The van der Waals surface area contributed by atoms with Crippen LogP contribution in [-0.2, 0) is 18.4 Å². The van der Waals surface area contributed by atoms with Crippen molar-refractivity contribution in [2.24, 2.45) is 11.5 Å². The Kier molecular flexibility index (Phi) is 10.1. The van der Waals surface area contributed by atoms with Gasteiger partial charge >= 0.3 is 7.60 Å². The van der Waals surface area contributed by atoms with Gasteiger partial charge in [0.15, 0.2) is 0 Å². The highest BCUT2D eigenvalue weighted by atomic mass is 31.2. The summed E-state index contributed by atoms with van der Waals surface area (Å²) >= 11 is 0. The van der Waals surface area contributed by atoms with Gasteiger partial charge in [0.2, 0.25) is 5.91 Å². The lowest BCUT2D eigenvalue weighted by Crippen LogP contribution is -2.41. The Hall–Kier alpha value is -0.460. The molecule has 0 spiro atoms. The second kappa shape index (κ2) is 10.3. The van der Waals surface area contributed by atoms with Gasteiger partial charge in [0.1, 0.15) is 0 Å². The topological polar surface area (TPSA) is 117 Å². The lowest BCUT2D eigenvalue weighted by molar-refractivity contribution is -0.120. The minimum absolute atomic E-state index is 0.0229. The predicted molar refractivity (Wildman–Crippen MR) is 74.7 cm³/mol. The molecule has 0 fully saturated rings. The maximum Gasteiger partial charge on any atom is 0.344 e. The minimum Gasteiger partial charge on any atom is -0.368 e. The number of amides is 1. The average molecular weight is 295 g/mol. The lowest BCUT2D eigenvalue weighted by Gasteiger charge is -2.21. The van der Waals surface area contributed by atoms with Gasteiger partial charge in [0.25, 0.3) is 0 Å². The van der Waals surface area contributed by atoms with Crippen LogP contribution in [0.1, 0.15) is 33.1 Å². The molecule has 0 aromatic carbocycles. The summed E-state index contributed by atoms with van der Waals surface area (Å²) in [6, 6.07) is -0.541. The van der Waals surface area contributed by atoms with Crippen LogP contribution in [0.15, 0.2) is 0 Å².